The molecule has 0 aromatic rings. The van der Waals surface area contributed by atoms with Gasteiger partial charge in [-0.15, -0.1) is 0 Å². The molecule has 148 valence electrons. The van der Waals surface area contributed by atoms with Crippen LogP contribution in [0.15, 0.2) is 0 Å². The molecule has 10 atom stereocenters. The van der Waals surface area contributed by atoms with E-state index in [1.165, 1.54) is 0 Å². The minimum Gasteiger partial charge on any atom is -0.394 e. The van der Waals surface area contributed by atoms with Gasteiger partial charge in [-0.05, 0) is 0 Å². The van der Waals surface area contributed by atoms with Crippen molar-refractivity contribution in [1.29, 1.82) is 0 Å². The highest BCUT2D eigenvalue weighted by molar-refractivity contribution is 4.92. The molecule has 2 aliphatic rings. The number of hydrogen-bond donors (Lipinski definition) is 8. The van der Waals surface area contributed by atoms with E-state index in [1.807, 2.05) is 0 Å². The van der Waals surface area contributed by atoms with Gasteiger partial charge in [0.1, 0.15) is 42.7 Å². The van der Waals surface area contributed by atoms with Crippen LogP contribution in [0.5, 0.6) is 0 Å². The van der Waals surface area contributed by atoms with Crippen molar-refractivity contribution in [3.05, 3.63) is 0 Å². The molecule has 0 saturated carbocycles. The van der Waals surface area contributed by atoms with Crippen LogP contribution in [0.3, 0.4) is 0 Å². The summed E-state index contributed by atoms with van der Waals surface area (Å²) in [5.41, 5.74) is 0. The number of aliphatic hydroxyl groups is 6. The molecule has 2 rings (SSSR count). The van der Waals surface area contributed by atoms with Gasteiger partial charge in [-0.25, -0.2) is 10.8 Å². The van der Waals surface area contributed by atoms with Crippen molar-refractivity contribution in [1.82, 2.24) is 0 Å². The first kappa shape index (κ1) is 20.8. The monoisotopic (exact) mass is 373 g/mol. The molecule has 2 saturated heterocycles. The summed E-state index contributed by atoms with van der Waals surface area (Å²) < 4.78 is 15.4. The summed E-state index contributed by atoms with van der Waals surface area (Å²) in [6.45, 7) is -1.09. The highest BCUT2D eigenvalue weighted by Crippen LogP contribution is 2.27. The second-order valence-corrected chi connectivity index (χ2v) is 5.76. The van der Waals surface area contributed by atoms with Crippen LogP contribution in [0.25, 0.3) is 0 Å². The predicted octanol–water partition coefficient (Wildman–Crippen LogP) is -5.00. The largest absolute Gasteiger partial charge is 0.394 e. The van der Waals surface area contributed by atoms with Crippen LogP contribution < -0.4 is 5.90 Å². The smallest absolute Gasteiger partial charge is 0.190 e. The highest BCUT2D eigenvalue weighted by atomic mass is 17.1. The first-order valence-electron chi connectivity index (χ1n) is 7.45. The summed E-state index contributed by atoms with van der Waals surface area (Å²) in [4.78, 5) is 8.69. The fraction of sp³-hybridized carbons (Fsp3) is 1.00. The van der Waals surface area contributed by atoms with Gasteiger partial charge in [0.25, 0.3) is 0 Å². The van der Waals surface area contributed by atoms with Gasteiger partial charge in [0.15, 0.2) is 18.7 Å². The van der Waals surface area contributed by atoms with Crippen LogP contribution in [0, 0.1) is 0 Å². The van der Waals surface area contributed by atoms with Crippen molar-refractivity contribution in [2.45, 2.75) is 61.4 Å². The Morgan fingerprint density at radius 3 is 2.08 bits per heavy atom. The zero-order valence-electron chi connectivity index (χ0n) is 12.9. The van der Waals surface area contributed by atoms with Crippen LogP contribution in [0.2, 0.25) is 0 Å². The van der Waals surface area contributed by atoms with Crippen molar-refractivity contribution in [3.63, 3.8) is 0 Å². The minimum atomic E-state index is -1.75. The van der Waals surface area contributed by atoms with Gasteiger partial charge in [-0.3, -0.25) is 10.1 Å². The zero-order valence-corrected chi connectivity index (χ0v) is 12.9. The molecule has 13 nitrogen and oxygen atoms in total. The van der Waals surface area contributed by atoms with E-state index in [4.69, 9.17) is 25.4 Å². The molecule has 0 aliphatic carbocycles. The first-order chi connectivity index (χ1) is 11.8. The second-order valence-electron chi connectivity index (χ2n) is 5.76. The van der Waals surface area contributed by atoms with Crippen LogP contribution in [0.4, 0.5) is 0 Å². The molecule has 2 heterocycles. The summed E-state index contributed by atoms with van der Waals surface area (Å²) in [5.74, 6) is 5.05. The molecule has 0 radical (unpaired) electrons. The highest BCUT2D eigenvalue weighted by Gasteiger charge is 2.49. The Kier molecular flexibility index (Phi) is 7.41. The Hall–Kier alpha value is -0.520. The van der Waals surface area contributed by atoms with Crippen molar-refractivity contribution in [2.24, 2.45) is 5.90 Å². The fourth-order valence-corrected chi connectivity index (χ4v) is 2.70. The molecule has 25 heavy (non-hydrogen) atoms. The summed E-state index contributed by atoms with van der Waals surface area (Å²) >= 11 is 0. The standard InChI is InChI=1S/C12H23NO12/c13-24-9-6(16)3(1-14)23-12(10(9)25-20)21-2-4-5(15)7(17)8(18)11(19)22-4/h3-12,14-20H,1-2,13H2/t3-,4-,5-,6+,7+,8-,9+,10-,11-,12+/m1/s1. The third-order valence-electron chi connectivity index (χ3n) is 4.19. The lowest BCUT2D eigenvalue weighted by atomic mass is 9.98. The number of rotatable bonds is 6. The molecule has 0 spiro atoms. The fourth-order valence-electron chi connectivity index (χ4n) is 2.70. The number of ether oxygens (including phenoxy) is 3. The SMILES string of the molecule is NO[C@H]1[C@@H](O)[C@@H](CO)O[C@H](OC[C@H]2O[C@@H](O)[C@H](O)[C@@H](O)[C@@H]2O)[C@@H]1OO. The molecular weight excluding hydrogens is 350 g/mol. The van der Waals surface area contributed by atoms with Crippen LogP contribution >= 0.6 is 0 Å². The molecular formula is C12H23NO12. The topological polar surface area (TPSA) is 214 Å². The third-order valence-corrected chi connectivity index (χ3v) is 4.19. The molecule has 0 bridgehead atoms. The van der Waals surface area contributed by atoms with Gasteiger partial charge in [0.05, 0.1) is 13.2 Å². The minimum absolute atomic E-state index is 0.474. The summed E-state index contributed by atoms with van der Waals surface area (Å²) in [7, 11) is 0. The molecule has 0 aromatic carbocycles. The van der Waals surface area contributed by atoms with E-state index in [2.05, 4.69) is 9.73 Å². The average Bonchev–Trinajstić information content (AvgIpc) is 2.61. The zero-order chi connectivity index (χ0) is 18.7. The first-order valence-corrected chi connectivity index (χ1v) is 7.45. The van der Waals surface area contributed by atoms with Gasteiger partial charge in [0.2, 0.25) is 0 Å². The van der Waals surface area contributed by atoms with E-state index in [-0.39, 0.29) is 0 Å². The van der Waals surface area contributed by atoms with Gasteiger partial charge >= 0.3 is 0 Å². The van der Waals surface area contributed by atoms with Crippen LogP contribution in [-0.2, 0) is 23.9 Å². The molecule has 13 heteroatoms. The lowest BCUT2D eigenvalue weighted by molar-refractivity contribution is -0.396. The predicted molar refractivity (Wildman–Crippen MR) is 73.2 cm³/mol. The van der Waals surface area contributed by atoms with Crippen molar-refractivity contribution in [2.75, 3.05) is 13.2 Å². The lowest BCUT2D eigenvalue weighted by Gasteiger charge is -2.42. The molecule has 0 amide bonds. The van der Waals surface area contributed by atoms with E-state index in [0.717, 1.165) is 0 Å². The number of nitrogens with two attached hydrogens (primary N) is 1. The van der Waals surface area contributed by atoms with E-state index in [9.17, 15) is 30.6 Å². The Labute approximate surface area is 141 Å². The van der Waals surface area contributed by atoms with Crippen LogP contribution in [0.1, 0.15) is 0 Å². The van der Waals surface area contributed by atoms with E-state index >= 15 is 0 Å². The van der Waals surface area contributed by atoms with E-state index in [1.54, 1.807) is 0 Å². The van der Waals surface area contributed by atoms with Gasteiger partial charge in [-0.2, -0.15) is 0 Å². The van der Waals surface area contributed by atoms with Crippen LogP contribution in [-0.4, -0.2) is 111 Å². The Morgan fingerprint density at radius 1 is 0.840 bits per heavy atom. The Balaban J connectivity index is 2.02. The second kappa shape index (κ2) is 8.92. The molecule has 9 N–H and O–H groups in total. The van der Waals surface area contributed by atoms with Gasteiger partial charge in [0, 0.05) is 0 Å². The van der Waals surface area contributed by atoms with Gasteiger partial charge < -0.3 is 44.8 Å². The quantitative estimate of drug-likeness (QED) is 0.162. The average molecular weight is 373 g/mol. The summed E-state index contributed by atoms with van der Waals surface area (Å²) in [5, 5.41) is 66.4. The summed E-state index contributed by atoms with van der Waals surface area (Å²) in [6.07, 6.45) is -14.7. The van der Waals surface area contributed by atoms with E-state index in [0.29, 0.717) is 0 Å². The Morgan fingerprint density at radius 2 is 1.52 bits per heavy atom. The number of hydrogen-bond acceptors (Lipinski definition) is 13. The molecule has 0 unspecified atom stereocenters. The third kappa shape index (κ3) is 4.25. The molecule has 2 fully saturated rings. The van der Waals surface area contributed by atoms with Crippen molar-refractivity contribution < 1.29 is 59.8 Å². The maximum absolute atomic E-state index is 9.91. The molecule has 0 aromatic heterocycles. The van der Waals surface area contributed by atoms with Gasteiger partial charge in [-0.1, -0.05) is 0 Å². The van der Waals surface area contributed by atoms with Crippen molar-refractivity contribution in [3.8, 4) is 0 Å². The lowest BCUT2D eigenvalue weighted by Crippen LogP contribution is -2.62. The van der Waals surface area contributed by atoms with E-state index < -0.39 is 74.6 Å². The number of aliphatic hydroxyl groups excluding tert-OH is 6. The maximum Gasteiger partial charge on any atom is 0.190 e. The molecule has 2 aliphatic heterocycles. The Bertz CT molecular complexity index is 416. The van der Waals surface area contributed by atoms with Crippen molar-refractivity contribution >= 4 is 0 Å². The summed E-state index contributed by atoms with van der Waals surface area (Å²) in [6, 6.07) is 0. The maximum atomic E-state index is 9.91. The normalized spacial score (nSPS) is 48.5.